The monoisotopic (exact) mass is 1110 g/mol. The second kappa shape index (κ2) is 67.6. The zero-order chi connectivity index (χ0) is 57.8. The fraction of sp³-hybridized carbons (Fsp3) is 0.716. The van der Waals surface area contributed by atoms with Crippen molar-refractivity contribution >= 4 is 17.9 Å². The van der Waals surface area contributed by atoms with Crippen LogP contribution in [0.4, 0.5) is 0 Å². The molecular formula is C74H126O6. The molecular weight excluding hydrogens is 985 g/mol. The molecule has 0 aliphatic heterocycles. The van der Waals surface area contributed by atoms with E-state index in [0.29, 0.717) is 19.3 Å². The van der Waals surface area contributed by atoms with Gasteiger partial charge in [-0.2, -0.15) is 0 Å². The molecule has 0 aromatic heterocycles. The Labute approximate surface area is 495 Å². The Hall–Kier alpha value is -3.93. The van der Waals surface area contributed by atoms with E-state index in [4.69, 9.17) is 14.2 Å². The first-order chi connectivity index (χ1) is 39.5. The van der Waals surface area contributed by atoms with Gasteiger partial charge in [0, 0.05) is 19.3 Å². The molecule has 0 N–H and O–H groups in total. The first kappa shape index (κ1) is 76.1. The summed E-state index contributed by atoms with van der Waals surface area (Å²) in [4.78, 5) is 38.3. The van der Waals surface area contributed by atoms with Crippen molar-refractivity contribution in [1.29, 1.82) is 0 Å². The third kappa shape index (κ3) is 64.9. The number of carbonyl (C=O) groups is 3. The third-order valence-corrected chi connectivity index (χ3v) is 14.5. The fourth-order valence-electron chi connectivity index (χ4n) is 9.41. The number of rotatable bonds is 61. The van der Waals surface area contributed by atoms with Crippen LogP contribution in [0.25, 0.3) is 0 Å². The maximum atomic E-state index is 12.9. The first-order valence-electron chi connectivity index (χ1n) is 33.9. The number of carbonyl (C=O) groups excluding carboxylic acids is 3. The third-order valence-electron chi connectivity index (χ3n) is 14.5. The molecule has 0 saturated heterocycles. The second-order valence-corrected chi connectivity index (χ2v) is 22.3. The summed E-state index contributed by atoms with van der Waals surface area (Å²) in [6.07, 6.45) is 92.5. The number of hydrogen-bond acceptors (Lipinski definition) is 6. The maximum Gasteiger partial charge on any atom is 0.306 e. The van der Waals surface area contributed by atoms with E-state index in [9.17, 15) is 14.4 Å². The molecule has 6 nitrogen and oxygen atoms in total. The summed E-state index contributed by atoms with van der Waals surface area (Å²) < 4.78 is 16.9. The van der Waals surface area contributed by atoms with E-state index in [0.717, 1.165) is 122 Å². The van der Waals surface area contributed by atoms with Crippen LogP contribution in [0, 0.1) is 0 Å². The number of allylic oxidation sites excluding steroid dienone is 18. The van der Waals surface area contributed by atoms with Gasteiger partial charge in [0.25, 0.3) is 0 Å². The van der Waals surface area contributed by atoms with Gasteiger partial charge in [-0.15, -0.1) is 0 Å². The van der Waals surface area contributed by atoms with Crippen molar-refractivity contribution in [3.05, 3.63) is 109 Å². The highest BCUT2D eigenvalue weighted by atomic mass is 16.6. The van der Waals surface area contributed by atoms with Gasteiger partial charge in [-0.1, -0.05) is 284 Å². The molecule has 0 aromatic carbocycles. The topological polar surface area (TPSA) is 78.9 Å². The van der Waals surface area contributed by atoms with Crippen molar-refractivity contribution in [2.45, 2.75) is 329 Å². The van der Waals surface area contributed by atoms with Crippen LogP contribution in [-0.2, 0) is 28.6 Å². The molecule has 1 unspecified atom stereocenters. The molecule has 0 radical (unpaired) electrons. The van der Waals surface area contributed by atoms with Gasteiger partial charge in [0.2, 0.25) is 0 Å². The minimum absolute atomic E-state index is 0.0840. The largest absolute Gasteiger partial charge is 0.462 e. The number of esters is 3. The SMILES string of the molecule is CC/C=C\C/C=C\C/C=C\C/C=C\C/C=C\C/C=C\C/C=C\CCCCCCCCCCCCCC(=O)OCC(COC(=O)CCCCCCC/C=C\CCCCCCC)OC(=O)CCCCCCC/C=C\CCCCCCCC. The highest BCUT2D eigenvalue weighted by molar-refractivity contribution is 5.71. The van der Waals surface area contributed by atoms with Crippen molar-refractivity contribution in [2.75, 3.05) is 13.2 Å². The van der Waals surface area contributed by atoms with Crippen molar-refractivity contribution in [3.63, 3.8) is 0 Å². The highest BCUT2D eigenvalue weighted by Gasteiger charge is 2.19. The molecule has 0 aliphatic rings. The van der Waals surface area contributed by atoms with Gasteiger partial charge in [-0.05, 0) is 128 Å². The van der Waals surface area contributed by atoms with Crippen LogP contribution in [-0.4, -0.2) is 37.2 Å². The van der Waals surface area contributed by atoms with Crippen LogP contribution >= 0.6 is 0 Å². The van der Waals surface area contributed by atoms with Crippen molar-refractivity contribution in [1.82, 2.24) is 0 Å². The van der Waals surface area contributed by atoms with E-state index in [1.165, 1.54) is 161 Å². The number of hydrogen-bond donors (Lipinski definition) is 0. The number of ether oxygens (including phenoxy) is 3. The molecule has 80 heavy (non-hydrogen) atoms. The van der Waals surface area contributed by atoms with E-state index >= 15 is 0 Å². The lowest BCUT2D eigenvalue weighted by Gasteiger charge is -2.18. The Morgan fingerprint density at radius 1 is 0.263 bits per heavy atom. The van der Waals surface area contributed by atoms with Crippen molar-refractivity contribution < 1.29 is 28.6 Å². The first-order valence-corrected chi connectivity index (χ1v) is 33.9. The van der Waals surface area contributed by atoms with Crippen molar-refractivity contribution in [2.24, 2.45) is 0 Å². The second-order valence-electron chi connectivity index (χ2n) is 22.3. The van der Waals surface area contributed by atoms with Crippen LogP contribution in [0.1, 0.15) is 323 Å². The average molecular weight is 1110 g/mol. The molecule has 0 amide bonds. The van der Waals surface area contributed by atoms with Crippen LogP contribution in [0.15, 0.2) is 109 Å². The molecule has 0 fully saturated rings. The summed E-state index contributed by atoms with van der Waals surface area (Å²) in [5.41, 5.74) is 0. The zero-order valence-electron chi connectivity index (χ0n) is 52.6. The van der Waals surface area contributed by atoms with E-state index in [1.807, 2.05) is 0 Å². The van der Waals surface area contributed by atoms with Gasteiger partial charge in [0.1, 0.15) is 13.2 Å². The molecule has 0 rings (SSSR count). The van der Waals surface area contributed by atoms with Gasteiger partial charge in [0.15, 0.2) is 6.10 Å². The molecule has 0 bridgehead atoms. The van der Waals surface area contributed by atoms with E-state index in [2.05, 4.69) is 130 Å². The summed E-state index contributed by atoms with van der Waals surface area (Å²) in [5, 5.41) is 0. The summed E-state index contributed by atoms with van der Waals surface area (Å²) >= 11 is 0. The summed E-state index contributed by atoms with van der Waals surface area (Å²) in [6, 6.07) is 0. The maximum absolute atomic E-state index is 12.9. The Balaban J connectivity index is 4.24. The lowest BCUT2D eigenvalue weighted by Crippen LogP contribution is -2.30. The van der Waals surface area contributed by atoms with Crippen LogP contribution in [0.2, 0.25) is 0 Å². The Morgan fingerprint density at radius 3 is 0.775 bits per heavy atom. The van der Waals surface area contributed by atoms with Gasteiger partial charge >= 0.3 is 17.9 Å². The van der Waals surface area contributed by atoms with E-state index in [-0.39, 0.29) is 31.1 Å². The Morgan fingerprint density at radius 2 is 0.487 bits per heavy atom. The summed E-state index contributed by atoms with van der Waals surface area (Å²) in [6.45, 7) is 6.52. The molecule has 0 saturated carbocycles. The smallest absolute Gasteiger partial charge is 0.306 e. The van der Waals surface area contributed by atoms with Crippen molar-refractivity contribution in [3.8, 4) is 0 Å². The summed E-state index contributed by atoms with van der Waals surface area (Å²) in [5.74, 6) is -0.894. The van der Waals surface area contributed by atoms with Crippen LogP contribution in [0.5, 0.6) is 0 Å². The van der Waals surface area contributed by atoms with Crippen LogP contribution in [0.3, 0.4) is 0 Å². The minimum atomic E-state index is -0.788. The Bertz CT molecular complexity index is 1610. The molecule has 0 aliphatic carbocycles. The summed E-state index contributed by atoms with van der Waals surface area (Å²) in [7, 11) is 0. The lowest BCUT2D eigenvalue weighted by molar-refractivity contribution is -0.167. The minimum Gasteiger partial charge on any atom is -0.462 e. The molecule has 458 valence electrons. The molecule has 0 heterocycles. The molecule has 1 atom stereocenters. The predicted octanol–water partition coefficient (Wildman–Crippen LogP) is 23.4. The number of unbranched alkanes of at least 4 members (excludes halogenated alkanes) is 32. The van der Waals surface area contributed by atoms with Gasteiger partial charge in [-0.3, -0.25) is 14.4 Å². The van der Waals surface area contributed by atoms with E-state index < -0.39 is 6.10 Å². The van der Waals surface area contributed by atoms with Gasteiger partial charge in [0.05, 0.1) is 0 Å². The highest BCUT2D eigenvalue weighted by Crippen LogP contribution is 2.16. The van der Waals surface area contributed by atoms with E-state index in [1.54, 1.807) is 0 Å². The van der Waals surface area contributed by atoms with Gasteiger partial charge < -0.3 is 14.2 Å². The van der Waals surface area contributed by atoms with Crippen LogP contribution < -0.4 is 0 Å². The lowest BCUT2D eigenvalue weighted by atomic mass is 10.0. The zero-order valence-corrected chi connectivity index (χ0v) is 52.6. The average Bonchev–Trinajstić information content (AvgIpc) is 3.46. The fourth-order valence-corrected chi connectivity index (χ4v) is 9.41. The molecule has 6 heteroatoms. The molecule has 0 spiro atoms. The molecule has 0 aromatic rings. The standard InChI is InChI=1S/C74H126O6/c1-4-7-10-13-16-19-22-25-28-29-30-31-32-33-34-35-36-37-38-39-40-41-42-43-44-45-47-49-52-55-58-61-64-67-73(76)79-70-71(69-78-72(75)66-63-60-57-54-51-48-27-24-21-18-15-12-9-6-3)80-74(77)68-65-62-59-56-53-50-46-26-23-20-17-14-11-8-5-2/h7,10,16,19,24-28,30-31,33-34,36-37,39-40,46,71H,4-6,8-9,11-15,17-18,20-23,29,32,35,38,41-45,47-70H2,1-3H3/b10-7-,19-16-,27-24-,28-25-,31-30-,34-33-,37-36-,40-39-,46-26-. The Kier molecular flexibility index (Phi) is 64.3. The predicted molar refractivity (Wildman–Crippen MR) is 348 cm³/mol. The quantitative estimate of drug-likeness (QED) is 0.0261. The normalized spacial score (nSPS) is 12.8. The van der Waals surface area contributed by atoms with Gasteiger partial charge in [-0.25, -0.2) is 0 Å².